The van der Waals surface area contributed by atoms with Gasteiger partial charge in [0.05, 0.1) is 0 Å². The molecule has 3 rings (SSSR count). The normalized spacial score (nSPS) is 18.8. The summed E-state index contributed by atoms with van der Waals surface area (Å²) in [5.41, 5.74) is -0.334. The fourth-order valence-electron chi connectivity index (χ4n) is 4.64. The molecule has 0 amide bonds. The van der Waals surface area contributed by atoms with E-state index in [1.165, 1.54) is 17.5 Å². The number of hydrogen-bond donors (Lipinski definition) is 2. The summed E-state index contributed by atoms with van der Waals surface area (Å²) in [7, 11) is 0. The lowest BCUT2D eigenvalue weighted by Gasteiger charge is -2.39. The molecule has 0 bridgehead atoms. The van der Waals surface area contributed by atoms with Gasteiger partial charge in [0.25, 0.3) is 0 Å². The Balaban J connectivity index is 1.89. The molecule has 1 fully saturated rings. The number of ether oxygens (including phenoxy) is 2. The molecular weight excluding hydrogens is 432 g/mol. The average Bonchev–Trinajstić information content (AvgIpc) is 2.85. The highest BCUT2D eigenvalue weighted by Crippen LogP contribution is 2.45. The first kappa shape index (κ1) is 25.6. The summed E-state index contributed by atoms with van der Waals surface area (Å²) in [4.78, 5) is 23.2. The second kappa shape index (κ2) is 10.1. The topological polar surface area (TPSA) is 93.1 Å². The zero-order valence-electron chi connectivity index (χ0n) is 20.6. The Morgan fingerprint density at radius 1 is 0.735 bits per heavy atom. The van der Waals surface area contributed by atoms with Crippen molar-refractivity contribution in [1.82, 2.24) is 0 Å². The molecule has 2 aromatic carbocycles. The van der Waals surface area contributed by atoms with Crippen LogP contribution in [-0.2, 0) is 15.0 Å². The lowest BCUT2D eigenvalue weighted by molar-refractivity contribution is -0.154. The van der Waals surface area contributed by atoms with Gasteiger partial charge in [-0.2, -0.15) is 0 Å². The largest absolute Gasteiger partial charge is 0.478 e. The van der Waals surface area contributed by atoms with Gasteiger partial charge in [-0.1, -0.05) is 57.4 Å². The van der Waals surface area contributed by atoms with Gasteiger partial charge in [0.2, 0.25) is 11.2 Å². The third kappa shape index (κ3) is 5.06. The first-order valence-electron chi connectivity index (χ1n) is 12.1. The van der Waals surface area contributed by atoms with Crippen LogP contribution in [0.4, 0.5) is 0 Å². The zero-order valence-corrected chi connectivity index (χ0v) is 20.6. The molecule has 0 spiro atoms. The molecule has 0 aromatic heterocycles. The van der Waals surface area contributed by atoms with Crippen molar-refractivity contribution < 1.29 is 29.3 Å². The zero-order chi connectivity index (χ0) is 25.0. The van der Waals surface area contributed by atoms with Crippen molar-refractivity contribution in [3.05, 3.63) is 59.7 Å². The molecule has 1 saturated carbocycles. The number of hydrogen-bond acceptors (Lipinski definition) is 4. The molecule has 0 heterocycles. The predicted molar refractivity (Wildman–Crippen MR) is 131 cm³/mol. The Bertz CT molecular complexity index is 915. The lowest BCUT2D eigenvalue weighted by atomic mass is 9.65. The first-order valence-corrected chi connectivity index (χ1v) is 12.1. The Hall–Kier alpha value is -3.02. The standard InChI is InChI=1S/C28H36O6/c1-5-26(3,24(29)30)33-22-14-10-20(11-15-22)28(18-8-7-9-19-28)21-12-16-23(17-13-21)34-27(4,6-2)25(31)32/h10-17H,5-9,18-19H2,1-4H3,(H,29,30)(H,31,32)/t26-,27-/m1/s1. The van der Waals surface area contributed by atoms with E-state index in [0.29, 0.717) is 24.3 Å². The fourth-order valence-corrected chi connectivity index (χ4v) is 4.64. The lowest BCUT2D eigenvalue weighted by Crippen LogP contribution is -2.40. The van der Waals surface area contributed by atoms with Gasteiger partial charge in [-0.25, -0.2) is 9.59 Å². The van der Waals surface area contributed by atoms with Crippen LogP contribution >= 0.6 is 0 Å². The van der Waals surface area contributed by atoms with Crippen molar-refractivity contribution in [3.63, 3.8) is 0 Å². The van der Waals surface area contributed by atoms with Crippen LogP contribution in [0.2, 0.25) is 0 Å². The van der Waals surface area contributed by atoms with E-state index in [-0.39, 0.29) is 5.41 Å². The molecule has 1 aliphatic rings. The summed E-state index contributed by atoms with van der Waals surface area (Å²) in [5, 5.41) is 19.0. The molecule has 0 aliphatic heterocycles. The molecular formula is C28H36O6. The highest BCUT2D eigenvalue weighted by atomic mass is 16.5. The Morgan fingerprint density at radius 3 is 1.38 bits per heavy atom. The van der Waals surface area contributed by atoms with E-state index in [9.17, 15) is 19.8 Å². The van der Waals surface area contributed by atoms with Gasteiger partial charge in [-0.05, 0) is 74.9 Å². The van der Waals surface area contributed by atoms with Crippen molar-refractivity contribution in [2.45, 2.75) is 89.3 Å². The number of aliphatic carboxylic acids is 2. The van der Waals surface area contributed by atoms with E-state index >= 15 is 0 Å². The maximum absolute atomic E-state index is 11.6. The monoisotopic (exact) mass is 468 g/mol. The van der Waals surface area contributed by atoms with Gasteiger partial charge >= 0.3 is 11.9 Å². The summed E-state index contributed by atoms with van der Waals surface area (Å²) < 4.78 is 11.6. The van der Waals surface area contributed by atoms with Gasteiger partial charge in [-0.3, -0.25) is 0 Å². The summed E-state index contributed by atoms with van der Waals surface area (Å²) in [5.74, 6) is -0.880. The minimum absolute atomic E-state index is 0.156. The fraction of sp³-hybridized carbons (Fsp3) is 0.500. The molecule has 2 atom stereocenters. The van der Waals surface area contributed by atoms with Crippen LogP contribution in [0.15, 0.2) is 48.5 Å². The van der Waals surface area contributed by atoms with Gasteiger partial charge in [0, 0.05) is 5.41 Å². The highest BCUT2D eigenvalue weighted by molar-refractivity contribution is 5.77. The summed E-state index contributed by atoms with van der Waals surface area (Å²) in [6.07, 6.45) is 6.19. The number of rotatable bonds is 10. The SMILES string of the molecule is CC[C@@](C)(Oc1ccc(C2(c3ccc(O[C@](C)(CC)C(=O)O)cc3)CCCCC2)cc1)C(=O)O. The quantitative estimate of drug-likeness (QED) is 0.431. The molecule has 6 nitrogen and oxygen atoms in total. The second-order valence-corrected chi connectivity index (χ2v) is 9.67. The summed E-state index contributed by atoms with van der Waals surface area (Å²) in [6.45, 7) is 6.77. The first-order chi connectivity index (χ1) is 16.1. The van der Waals surface area contributed by atoms with E-state index < -0.39 is 23.1 Å². The number of benzene rings is 2. The second-order valence-electron chi connectivity index (χ2n) is 9.67. The number of carboxylic acids is 2. The van der Waals surface area contributed by atoms with E-state index in [4.69, 9.17) is 9.47 Å². The van der Waals surface area contributed by atoms with Crippen molar-refractivity contribution in [3.8, 4) is 11.5 Å². The molecule has 0 radical (unpaired) electrons. The van der Waals surface area contributed by atoms with Crippen LogP contribution in [0.25, 0.3) is 0 Å². The van der Waals surface area contributed by atoms with Crippen LogP contribution in [-0.4, -0.2) is 33.4 Å². The van der Waals surface area contributed by atoms with Gasteiger partial charge in [-0.15, -0.1) is 0 Å². The van der Waals surface area contributed by atoms with Crippen LogP contribution in [0.3, 0.4) is 0 Å². The van der Waals surface area contributed by atoms with Crippen molar-refractivity contribution in [2.75, 3.05) is 0 Å². The molecule has 184 valence electrons. The maximum Gasteiger partial charge on any atom is 0.347 e. The maximum atomic E-state index is 11.6. The molecule has 1 aliphatic carbocycles. The van der Waals surface area contributed by atoms with Crippen molar-refractivity contribution in [1.29, 1.82) is 0 Å². The molecule has 0 unspecified atom stereocenters. The summed E-state index contributed by atoms with van der Waals surface area (Å²) in [6, 6.07) is 15.6. The number of carboxylic acid groups (broad SMARTS) is 2. The molecule has 2 N–H and O–H groups in total. The third-order valence-electron chi connectivity index (χ3n) is 7.46. The van der Waals surface area contributed by atoms with Gasteiger partial charge < -0.3 is 19.7 Å². The Kier molecular flexibility index (Phi) is 7.59. The molecule has 2 aromatic rings. The highest BCUT2D eigenvalue weighted by Gasteiger charge is 2.37. The summed E-state index contributed by atoms with van der Waals surface area (Å²) >= 11 is 0. The Morgan fingerprint density at radius 2 is 1.09 bits per heavy atom. The average molecular weight is 469 g/mol. The van der Waals surface area contributed by atoms with Crippen LogP contribution < -0.4 is 9.47 Å². The predicted octanol–water partition coefficient (Wildman–Crippen LogP) is 6.20. The Labute approximate surface area is 201 Å². The van der Waals surface area contributed by atoms with Crippen LogP contribution in [0, 0.1) is 0 Å². The van der Waals surface area contributed by atoms with E-state index in [0.717, 1.165) is 25.7 Å². The van der Waals surface area contributed by atoms with Crippen molar-refractivity contribution >= 4 is 11.9 Å². The van der Waals surface area contributed by atoms with Gasteiger partial charge in [0.15, 0.2) is 0 Å². The minimum atomic E-state index is -1.26. The molecule has 0 saturated heterocycles. The minimum Gasteiger partial charge on any atom is -0.478 e. The number of carbonyl (C=O) groups is 2. The smallest absolute Gasteiger partial charge is 0.347 e. The van der Waals surface area contributed by atoms with E-state index in [1.807, 2.05) is 48.5 Å². The van der Waals surface area contributed by atoms with Crippen LogP contribution in [0.5, 0.6) is 11.5 Å². The van der Waals surface area contributed by atoms with Crippen LogP contribution in [0.1, 0.15) is 83.8 Å². The van der Waals surface area contributed by atoms with E-state index in [1.54, 1.807) is 27.7 Å². The third-order valence-corrected chi connectivity index (χ3v) is 7.46. The molecule has 34 heavy (non-hydrogen) atoms. The van der Waals surface area contributed by atoms with E-state index in [2.05, 4.69) is 0 Å². The van der Waals surface area contributed by atoms with Gasteiger partial charge in [0.1, 0.15) is 11.5 Å². The van der Waals surface area contributed by atoms with Crippen molar-refractivity contribution in [2.24, 2.45) is 0 Å². The molecule has 6 heteroatoms.